The van der Waals surface area contributed by atoms with Crippen molar-refractivity contribution >= 4 is 22.6 Å². The summed E-state index contributed by atoms with van der Waals surface area (Å²) in [5, 5.41) is 18.1. The monoisotopic (exact) mass is 657 g/mol. The van der Waals surface area contributed by atoms with Gasteiger partial charge < -0.3 is 25.5 Å². The van der Waals surface area contributed by atoms with Gasteiger partial charge in [0.25, 0.3) is 5.91 Å². The Morgan fingerprint density at radius 3 is 2.50 bits per heavy atom. The summed E-state index contributed by atoms with van der Waals surface area (Å²) in [5.74, 6) is 0.484. The van der Waals surface area contributed by atoms with Crippen LogP contribution in [-0.2, 0) is 12.7 Å². The van der Waals surface area contributed by atoms with Gasteiger partial charge in [0.2, 0.25) is 0 Å². The minimum Gasteiger partial charge on any atom is -0.392 e. The Morgan fingerprint density at radius 1 is 0.938 bits per heavy atom. The molecule has 1 amide bonds. The Morgan fingerprint density at radius 2 is 1.73 bits per heavy atom. The maximum atomic E-state index is 14.5. The average molecular weight is 658 g/mol. The number of aromatic nitrogens is 1. The van der Waals surface area contributed by atoms with Crippen LogP contribution in [0, 0.1) is 0 Å². The first-order valence-corrected chi connectivity index (χ1v) is 17.1. The normalized spacial score (nSPS) is 22.0. The van der Waals surface area contributed by atoms with E-state index in [4.69, 9.17) is 4.98 Å². The molecular formula is C38H42F3N5O2. The van der Waals surface area contributed by atoms with Gasteiger partial charge in [-0.2, -0.15) is 13.2 Å². The summed E-state index contributed by atoms with van der Waals surface area (Å²) < 4.78 is 39.3. The van der Waals surface area contributed by atoms with Gasteiger partial charge in [-0.25, -0.2) is 4.98 Å². The number of likely N-dealkylation sites (tertiary alicyclic amines) is 2. The number of aliphatic hydroxyl groups excluding tert-OH is 1. The van der Waals surface area contributed by atoms with Crippen LogP contribution in [0.15, 0.2) is 72.8 Å². The van der Waals surface area contributed by atoms with Crippen LogP contribution in [0.1, 0.15) is 65.1 Å². The standard InChI is InChI=1S/C38H42F3N5O2/c39-38(40,41)29-11-8-25(9-12-29)22-43-36-21-32(37(48)46-18-4-7-30(46)24-45-16-1-2-17-45)31-20-27(10-13-34(31)44-36)26-5-3-6-28(19-26)33-23-42-15-14-35(33)47/h3,5-6,8-13,19-21,30,33,35,42,47H,1-2,4,7,14-18,22-24H2,(H,43,44)/t30-,33+,35-/m0/s1. The number of anilines is 1. The number of nitrogens with zero attached hydrogens (tertiary/aromatic N) is 3. The van der Waals surface area contributed by atoms with Crippen molar-refractivity contribution in [2.24, 2.45) is 0 Å². The topological polar surface area (TPSA) is 80.7 Å². The van der Waals surface area contributed by atoms with E-state index in [9.17, 15) is 23.1 Å². The van der Waals surface area contributed by atoms with E-state index in [2.05, 4.69) is 33.7 Å². The number of alkyl halides is 3. The van der Waals surface area contributed by atoms with E-state index in [0.717, 1.165) is 79.8 Å². The lowest BCUT2D eigenvalue weighted by atomic mass is 9.87. The molecule has 3 aromatic carbocycles. The highest BCUT2D eigenvalue weighted by Crippen LogP contribution is 2.33. The number of aliphatic hydroxyl groups is 1. The van der Waals surface area contributed by atoms with Crippen LogP contribution in [-0.4, -0.2) is 77.2 Å². The Hall–Kier alpha value is -3.99. The molecule has 252 valence electrons. The first kappa shape index (κ1) is 32.6. The van der Waals surface area contributed by atoms with Crippen molar-refractivity contribution in [3.63, 3.8) is 0 Å². The highest BCUT2D eigenvalue weighted by atomic mass is 19.4. The molecule has 3 aliphatic heterocycles. The summed E-state index contributed by atoms with van der Waals surface area (Å²) in [7, 11) is 0. The van der Waals surface area contributed by atoms with Crippen molar-refractivity contribution in [1.29, 1.82) is 0 Å². The SMILES string of the molecule is O=C(c1cc(NCc2ccc(C(F)(F)F)cc2)nc2ccc(-c3cccc([C@H]4CNCC[C@@H]4O)c3)cc12)N1CCC[C@H]1CN1CCCC1. The van der Waals surface area contributed by atoms with Crippen molar-refractivity contribution in [3.8, 4) is 11.1 Å². The quantitative estimate of drug-likeness (QED) is 0.197. The predicted octanol–water partition coefficient (Wildman–Crippen LogP) is 6.67. The Balaban J connectivity index is 1.22. The number of benzene rings is 3. The second kappa shape index (κ2) is 13.9. The molecule has 0 saturated carbocycles. The van der Waals surface area contributed by atoms with Gasteiger partial charge in [0.05, 0.1) is 22.7 Å². The van der Waals surface area contributed by atoms with Gasteiger partial charge in [0.15, 0.2) is 0 Å². The Labute approximate surface area is 279 Å². The maximum Gasteiger partial charge on any atom is 0.416 e. The van der Waals surface area contributed by atoms with Crippen LogP contribution in [0.4, 0.5) is 19.0 Å². The summed E-state index contributed by atoms with van der Waals surface area (Å²) in [5.41, 5.74) is 4.25. The van der Waals surface area contributed by atoms with Crippen molar-refractivity contribution < 1.29 is 23.1 Å². The molecule has 3 N–H and O–H groups in total. The number of nitrogens with one attached hydrogen (secondary N) is 2. The molecule has 0 bridgehead atoms. The minimum atomic E-state index is -4.39. The van der Waals surface area contributed by atoms with Crippen molar-refractivity contribution in [2.75, 3.05) is 44.6 Å². The van der Waals surface area contributed by atoms with Crippen LogP contribution in [0.25, 0.3) is 22.0 Å². The van der Waals surface area contributed by atoms with Gasteiger partial charge in [-0.15, -0.1) is 0 Å². The second-order valence-electron chi connectivity index (χ2n) is 13.4. The molecule has 0 aliphatic carbocycles. The van der Waals surface area contributed by atoms with E-state index < -0.39 is 17.8 Å². The molecule has 3 saturated heterocycles. The number of halogens is 3. The summed E-state index contributed by atoms with van der Waals surface area (Å²) in [6, 6.07) is 21.2. The summed E-state index contributed by atoms with van der Waals surface area (Å²) in [6.07, 6.45) is 0.267. The van der Waals surface area contributed by atoms with Gasteiger partial charge >= 0.3 is 6.18 Å². The largest absolute Gasteiger partial charge is 0.416 e. The molecule has 7 rings (SSSR count). The van der Waals surface area contributed by atoms with Gasteiger partial charge in [-0.3, -0.25) is 4.79 Å². The number of carbonyl (C=O) groups is 1. The van der Waals surface area contributed by atoms with E-state index in [1.165, 1.54) is 25.0 Å². The van der Waals surface area contributed by atoms with E-state index in [1.807, 2.05) is 29.2 Å². The van der Waals surface area contributed by atoms with E-state index in [1.54, 1.807) is 6.07 Å². The Bertz CT molecular complexity index is 1760. The van der Waals surface area contributed by atoms with E-state index in [0.29, 0.717) is 35.4 Å². The average Bonchev–Trinajstić information content (AvgIpc) is 3.79. The summed E-state index contributed by atoms with van der Waals surface area (Å²) in [4.78, 5) is 23.8. The third-order valence-corrected chi connectivity index (χ3v) is 10.2. The second-order valence-corrected chi connectivity index (χ2v) is 13.4. The molecular weight excluding hydrogens is 615 g/mol. The molecule has 3 fully saturated rings. The first-order valence-electron chi connectivity index (χ1n) is 17.1. The highest BCUT2D eigenvalue weighted by molar-refractivity contribution is 6.08. The van der Waals surface area contributed by atoms with E-state index in [-0.39, 0.29) is 24.4 Å². The smallest absolute Gasteiger partial charge is 0.392 e. The molecule has 3 atom stereocenters. The third kappa shape index (κ3) is 7.06. The Kier molecular flexibility index (Phi) is 9.40. The fraction of sp³-hybridized carbons (Fsp3) is 0.421. The number of carbonyl (C=O) groups excluding carboxylic acids is 1. The first-order chi connectivity index (χ1) is 23.2. The molecule has 0 radical (unpaired) electrons. The third-order valence-electron chi connectivity index (χ3n) is 10.2. The van der Waals surface area contributed by atoms with Crippen LogP contribution in [0.5, 0.6) is 0 Å². The zero-order valence-electron chi connectivity index (χ0n) is 27.0. The molecule has 1 aromatic heterocycles. The fourth-order valence-corrected chi connectivity index (χ4v) is 7.52. The fourth-order valence-electron chi connectivity index (χ4n) is 7.52. The lowest BCUT2D eigenvalue weighted by Crippen LogP contribution is -2.42. The summed E-state index contributed by atoms with van der Waals surface area (Å²) in [6.45, 7) is 5.53. The summed E-state index contributed by atoms with van der Waals surface area (Å²) >= 11 is 0. The predicted molar refractivity (Wildman–Crippen MR) is 182 cm³/mol. The molecule has 48 heavy (non-hydrogen) atoms. The van der Waals surface area contributed by atoms with Crippen molar-refractivity contribution in [2.45, 2.75) is 62.9 Å². The van der Waals surface area contributed by atoms with Gasteiger partial charge in [-0.1, -0.05) is 42.5 Å². The van der Waals surface area contributed by atoms with Gasteiger partial charge in [0.1, 0.15) is 5.82 Å². The number of rotatable bonds is 8. The van der Waals surface area contributed by atoms with Crippen LogP contribution < -0.4 is 10.6 Å². The lowest BCUT2D eigenvalue weighted by molar-refractivity contribution is -0.137. The molecule has 3 aliphatic rings. The van der Waals surface area contributed by atoms with Crippen molar-refractivity contribution in [3.05, 3.63) is 95.1 Å². The molecule has 0 unspecified atom stereocenters. The highest BCUT2D eigenvalue weighted by Gasteiger charge is 2.33. The molecule has 4 heterocycles. The number of fused-ring (bicyclic) bond motifs is 1. The molecule has 7 nitrogen and oxygen atoms in total. The number of hydrogen-bond acceptors (Lipinski definition) is 6. The number of pyridine rings is 1. The van der Waals surface area contributed by atoms with Crippen LogP contribution in [0.3, 0.4) is 0 Å². The van der Waals surface area contributed by atoms with Crippen LogP contribution >= 0.6 is 0 Å². The zero-order valence-corrected chi connectivity index (χ0v) is 27.0. The van der Waals surface area contributed by atoms with Gasteiger partial charge in [-0.05, 0) is 104 Å². The zero-order chi connectivity index (χ0) is 33.3. The lowest BCUT2D eigenvalue weighted by Gasteiger charge is -2.29. The maximum absolute atomic E-state index is 14.5. The van der Waals surface area contributed by atoms with Crippen LogP contribution in [0.2, 0.25) is 0 Å². The molecule has 4 aromatic rings. The minimum absolute atomic E-state index is 0.0129. The number of piperidine rings is 1. The number of amides is 1. The number of hydrogen-bond donors (Lipinski definition) is 3. The van der Waals surface area contributed by atoms with E-state index >= 15 is 0 Å². The van der Waals surface area contributed by atoms with Gasteiger partial charge in [0, 0.05) is 43.5 Å². The molecule has 10 heteroatoms. The molecule has 0 spiro atoms. The van der Waals surface area contributed by atoms with Crippen molar-refractivity contribution in [1.82, 2.24) is 20.1 Å².